The van der Waals surface area contributed by atoms with Crippen molar-refractivity contribution in [1.82, 2.24) is 10.6 Å². The van der Waals surface area contributed by atoms with Crippen LogP contribution in [0.2, 0.25) is 15.1 Å². The summed E-state index contributed by atoms with van der Waals surface area (Å²) in [6.07, 6.45) is 0. The van der Waals surface area contributed by atoms with Crippen LogP contribution >= 0.6 is 34.8 Å². The molecule has 0 radical (unpaired) electrons. The molecule has 132 valence electrons. The van der Waals surface area contributed by atoms with Crippen LogP contribution in [0.1, 0.15) is 10.4 Å². The lowest BCUT2D eigenvalue weighted by atomic mass is 10.2. The quantitative estimate of drug-likeness (QED) is 0.697. The van der Waals surface area contributed by atoms with Gasteiger partial charge in [0.15, 0.2) is 0 Å². The molecule has 0 fully saturated rings. The minimum absolute atomic E-state index is 0.172. The van der Waals surface area contributed by atoms with Gasteiger partial charge in [0, 0.05) is 10.0 Å². The Kier molecular flexibility index (Phi) is 7.37. The third-order valence-corrected chi connectivity index (χ3v) is 3.86. The highest BCUT2D eigenvalue weighted by molar-refractivity contribution is 6.36. The second-order valence-electron chi connectivity index (χ2n) is 4.96. The molecular weight excluding hydrogens is 387 g/mol. The number of hydrogen-bond donors (Lipinski definition) is 2. The Morgan fingerprint density at radius 1 is 0.960 bits per heavy atom. The molecule has 0 aliphatic carbocycles. The lowest BCUT2D eigenvalue weighted by molar-refractivity contribution is -0.120. The van der Waals surface area contributed by atoms with Gasteiger partial charge < -0.3 is 15.4 Å². The van der Waals surface area contributed by atoms with E-state index in [1.807, 2.05) is 0 Å². The summed E-state index contributed by atoms with van der Waals surface area (Å²) in [5.74, 6) is -0.174. The monoisotopic (exact) mass is 400 g/mol. The van der Waals surface area contributed by atoms with Crippen LogP contribution in [0.25, 0.3) is 0 Å². The molecule has 25 heavy (non-hydrogen) atoms. The van der Waals surface area contributed by atoms with Gasteiger partial charge >= 0.3 is 0 Å². The van der Waals surface area contributed by atoms with Crippen LogP contribution in [-0.4, -0.2) is 31.5 Å². The number of carbonyl (C=O) groups is 2. The molecule has 0 spiro atoms. The number of amides is 2. The number of ether oxygens (including phenoxy) is 1. The number of halogens is 3. The SMILES string of the molecule is O=C(CNC(=O)c1ccc(Cl)cc1Cl)NCCOc1cccc(Cl)c1. The minimum atomic E-state index is -0.452. The first-order valence-electron chi connectivity index (χ1n) is 7.34. The first-order chi connectivity index (χ1) is 12.0. The number of hydrogen-bond acceptors (Lipinski definition) is 3. The Morgan fingerprint density at radius 3 is 2.44 bits per heavy atom. The van der Waals surface area contributed by atoms with Crippen LogP contribution in [0.4, 0.5) is 0 Å². The summed E-state index contributed by atoms with van der Waals surface area (Å²) in [6, 6.07) is 11.5. The van der Waals surface area contributed by atoms with Crippen molar-refractivity contribution in [3.8, 4) is 5.75 Å². The van der Waals surface area contributed by atoms with Gasteiger partial charge in [0.05, 0.1) is 23.7 Å². The lowest BCUT2D eigenvalue weighted by Crippen LogP contribution is -2.38. The summed E-state index contributed by atoms with van der Waals surface area (Å²) in [5.41, 5.74) is 0.253. The first kappa shape index (κ1) is 19.4. The third kappa shape index (κ3) is 6.46. The van der Waals surface area contributed by atoms with E-state index < -0.39 is 5.91 Å². The number of rotatable bonds is 7. The Hall–Kier alpha value is -1.95. The molecule has 0 bridgehead atoms. The van der Waals surface area contributed by atoms with Crippen molar-refractivity contribution < 1.29 is 14.3 Å². The van der Waals surface area contributed by atoms with Crippen molar-refractivity contribution in [3.05, 3.63) is 63.1 Å². The van der Waals surface area contributed by atoms with Crippen LogP contribution in [0, 0.1) is 0 Å². The van der Waals surface area contributed by atoms with Gasteiger partial charge in [-0.25, -0.2) is 0 Å². The van der Waals surface area contributed by atoms with Crippen molar-refractivity contribution in [2.24, 2.45) is 0 Å². The summed E-state index contributed by atoms with van der Waals surface area (Å²) in [7, 11) is 0. The number of carbonyl (C=O) groups excluding carboxylic acids is 2. The molecule has 0 aliphatic heterocycles. The standard InChI is InChI=1S/C17H15Cl3N2O3/c18-11-2-1-3-13(8-11)25-7-6-21-16(23)10-22-17(24)14-5-4-12(19)9-15(14)20/h1-5,8-9H,6-7,10H2,(H,21,23)(H,22,24). The Bertz CT molecular complexity index is 769. The second kappa shape index (κ2) is 9.51. The normalized spacial score (nSPS) is 10.2. The van der Waals surface area contributed by atoms with Gasteiger partial charge in [-0.3, -0.25) is 9.59 Å². The molecule has 2 N–H and O–H groups in total. The van der Waals surface area contributed by atoms with Gasteiger partial charge in [0.2, 0.25) is 5.91 Å². The molecule has 0 saturated heterocycles. The molecule has 0 aliphatic rings. The predicted molar refractivity (Wildman–Crippen MR) is 98.8 cm³/mol. The van der Waals surface area contributed by atoms with Crippen molar-refractivity contribution in [1.29, 1.82) is 0 Å². The zero-order valence-electron chi connectivity index (χ0n) is 13.0. The molecular formula is C17H15Cl3N2O3. The molecule has 5 nitrogen and oxygen atoms in total. The van der Waals surface area contributed by atoms with Gasteiger partial charge in [-0.15, -0.1) is 0 Å². The van der Waals surface area contributed by atoms with E-state index in [0.29, 0.717) is 22.3 Å². The summed E-state index contributed by atoms with van der Waals surface area (Å²) in [4.78, 5) is 23.7. The van der Waals surface area contributed by atoms with E-state index in [4.69, 9.17) is 39.5 Å². The molecule has 2 amide bonds. The first-order valence-corrected chi connectivity index (χ1v) is 8.47. The Morgan fingerprint density at radius 2 is 1.72 bits per heavy atom. The van der Waals surface area contributed by atoms with Gasteiger partial charge in [0.1, 0.15) is 12.4 Å². The van der Waals surface area contributed by atoms with Crippen molar-refractivity contribution in [2.75, 3.05) is 19.7 Å². The summed E-state index contributed by atoms with van der Waals surface area (Å²) < 4.78 is 5.44. The number of nitrogens with one attached hydrogen (secondary N) is 2. The molecule has 0 aromatic heterocycles. The van der Waals surface area contributed by atoms with Crippen LogP contribution in [0.3, 0.4) is 0 Å². The molecule has 8 heteroatoms. The molecule has 0 unspecified atom stereocenters. The highest BCUT2D eigenvalue weighted by Gasteiger charge is 2.11. The largest absolute Gasteiger partial charge is 0.492 e. The van der Waals surface area contributed by atoms with Gasteiger partial charge in [-0.05, 0) is 36.4 Å². The van der Waals surface area contributed by atoms with Crippen LogP contribution < -0.4 is 15.4 Å². The molecule has 2 aromatic carbocycles. The summed E-state index contributed by atoms with van der Waals surface area (Å²) in [5, 5.41) is 6.35. The fourth-order valence-corrected chi connectivity index (χ4v) is 2.58. The van der Waals surface area contributed by atoms with Crippen molar-refractivity contribution in [2.45, 2.75) is 0 Å². The van der Waals surface area contributed by atoms with Crippen molar-refractivity contribution in [3.63, 3.8) is 0 Å². The van der Waals surface area contributed by atoms with E-state index in [1.54, 1.807) is 30.3 Å². The van der Waals surface area contributed by atoms with Crippen LogP contribution in [0.15, 0.2) is 42.5 Å². The van der Waals surface area contributed by atoms with Gasteiger partial charge in [-0.2, -0.15) is 0 Å². The average Bonchev–Trinajstić information content (AvgIpc) is 2.56. The van der Waals surface area contributed by atoms with Gasteiger partial charge in [-0.1, -0.05) is 40.9 Å². The smallest absolute Gasteiger partial charge is 0.253 e. The molecule has 2 aromatic rings. The Balaban J connectivity index is 1.69. The molecule has 0 atom stereocenters. The lowest BCUT2D eigenvalue weighted by Gasteiger charge is -2.09. The summed E-state index contributed by atoms with van der Waals surface area (Å²) in [6.45, 7) is 0.404. The second-order valence-corrected chi connectivity index (χ2v) is 6.24. The van der Waals surface area contributed by atoms with E-state index in [-0.39, 0.29) is 29.6 Å². The van der Waals surface area contributed by atoms with E-state index >= 15 is 0 Å². The highest BCUT2D eigenvalue weighted by atomic mass is 35.5. The molecule has 0 saturated carbocycles. The van der Waals surface area contributed by atoms with E-state index in [1.165, 1.54) is 12.1 Å². The zero-order chi connectivity index (χ0) is 18.2. The molecule has 0 heterocycles. The summed E-state index contributed by atoms with van der Waals surface area (Å²) >= 11 is 17.6. The Labute approximate surface area is 160 Å². The maximum Gasteiger partial charge on any atom is 0.253 e. The fourth-order valence-electron chi connectivity index (χ4n) is 1.91. The fraction of sp³-hybridized carbons (Fsp3) is 0.176. The predicted octanol–water partition coefficient (Wildman–Crippen LogP) is 3.57. The minimum Gasteiger partial charge on any atom is -0.492 e. The van der Waals surface area contributed by atoms with Crippen LogP contribution in [0.5, 0.6) is 5.75 Å². The number of benzene rings is 2. The third-order valence-electron chi connectivity index (χ3n) is 3.07. The average molecular weight is 402 g/mol. The van der Waals surface area contributed by atoms with E-state index in [0.717, 1.165) is 0 Å². The maximum absolute atomic E-state index is 12.0. The molecule has 2 rings (SSSR count). The topological polar surface area (TPSA) is 67.4 Å². The highest BCUT2D eigenvalue weighted by Crippen LogP contribution is 2.20. The van der Waals surface area contributed by atoms with E-state index in [9.17, 15) is 9.59 Å². The van der Waals surface area contributed by atoms with Crippen molar-refractivity contribution >= 4 is 46.6 Å². The van der Waals surface area contributed by atoms with Crippen LogP contribution in [-0.2, 0) is 4.79 Å². The van der Waals surface area contributed by atoms with Gasteiger partial charge in [0.25, 0.3) is 5.91 Å². The van der Waals surface area contributed by atoms with E-state index in [2.05, 4.69) is 10.6 Å². The zero-order valence-corrected chi connectivity index (χ0v) is 15.3. The maximum atomic E-state index is 12.0.